The van der Waals surface area contributed by atoms with Gasteiger partial charge in [0.15, 0.2) is 9.84 Å². The molecule has 0 aliphatic carbocycles. The minimum atomic E-state index is -2.94. The van der Waals surface area contributed by atoms with E-state index in [0.717, 1.165) is 0 Å². The van der Waals surface area contributed by atoms with Crippen molar-refractivity contribution in [2.75, 3.05) is 37.7 Å². The van der Waals surface area contributed by atoms with Gasteiger partial charge in [-0.3, -0.25) is 9.69 Å². The summed E-state index contributed by atoms with van der Waals surface area (Å²) < 4.78 is 38.4. The first kappa shape index (κ1) is 18.0. The standard InChI is InChI=1S/C16H19FN6O3S/c17-12-1-2-15(23-11-18-19-20-23)14(9-12)16(24)22-6-4-21(5-7-22)13-3-8-27(25,26)10-13/h1-2,9,11,13H,3-8,10H2/t13-/m1/s1. The van der Waals surface area contributed by atoms with Crippen LogP contribution in [-0.2, 0) is 9.84 Å². The Morgan fingerprint density at radius 3 is 2.59 bits per heavy atom. The molecule has 0 spiro atoms. The third-order valence-electron chi connectivity index (χ3n) is 5.11. The van der Waals surface area contributed by atoms with Crippen molar-refractivity contribution in [3.8, 4) is 5.69 Å². The third kappa shape index (κ3) is 3.69. The lowest BCUT2D eigenvalue weighted by atomic mass is 10.1. The highest BCUT2D eigenvalue weighted by atomic mass is 32.2. The van der Waals surface area contributed by atoms with Gasteiger partial charge in [0.2, 0.25) is 0 Å². The highest BCUT2D eigenvalue weighted by molar-refractivity contribution is 7.91. The van der Waals surface area contributed by atoms with Crippen LogP contribution in [0, 0.1) is 5.82 Å². The molecule has 0 unspecified atom stereocenters. The molecule has 2 aliphatic rings. The fraction of sp³-hybridized carbons (Fsp3) is 0.500. The second-order valence-corrected chi connectivity index (χ2v) is 9.03. The number of nitrogens with zero attached hydrogens (tertiary/aromatic N) is 6. The number of tetrazole rings is 1. The van der Waals surface area contributed by atoms with Crippen LogP contribution in [0.4, 0.5) is 4.39 Å². The lowest BCUT2D eigenvalue weighted by Gasteiger charge is -2.37. The molecule has 0 radical (unpaired) electrons. The molecule has 0 saturated carbocycles. The number of hydrogen-bond acceptors (Lipinski definition) is 7. The van der Waals surface area contributed by atoms with Crippen molar-refractivity contribution in [3.05, 3.63) is 35.9 Å². The summed E-state index contributed by atoms with van der Waals surface area (Å²) in [5.41, 5.74) is 0.606. The molecular weight excluding hydrogens is 375 g/mol. The minimum Gasteiger partial charge on any atom is -0.336 e. The van der Waals surface area contributed by atoms with E-state index in [1.807, 2.05) is 0 Å². The summed E-state index contributed by atoms with van der Waals surface area (Å²) in [6.07, 6.45) is 1.99. The second-order valence-electron chi connectivity index (χ2n) is 6.80. The van der Waals surface area contributed by atoms with Crippen molar-refractivity contribution in [2.24, 2.45) is 0 Å². The molecule has 1 aromatic heterocycles. The Kier molecular flexibility index (Phi) is 4.64. The number of rotatable bonds is 3. The first-order valence-electron chi connectivity index (χ1n) is 8.70. The van der Waals surface area contributed by atoms with E-state index in [-0.39, 0.29) is 29.0 Å². The summed E-state index contributed by atoms with van der Waals surface area (Å²) in [4.78, 5) is 16.7. The van der Waals surface area contributed by atoms with Gasteiger partial charge in [-0.15, -0.1) is 5.10 Å². The average Bonchev–Trinajstić information content (AvgIpc) is 3.31. The average molecular weight is 394 g/mol. The Labute approximate surface area is 155 Å². The molecule has 0 N–H and O–H groups in total. The van der Waals surface area contributed by atoms with E-state index in [9.17, 15) is 17.6 Å². The molecule has 1 atom stereocenters. The molecule has 1 aromatic carbocycles. The van der Waals surface area contributed by atoms with Gasteiger partial charge in [0.1, 0.15) is 12.1 Å². The summed E-state index contributed by atoms with van der Waals surface area (Å²) in [6.45, 7) is 2.12. The number of carbonyl (C=O) groups excluding carboxylic acids is 1. The Bertz CT molecular complexity index is 941. The number of piperazine rings is 1. The lowest BCUT2D eigenvalue weighted by Crippen LogP contribution is -2.52. The molecule has 0 bridgehead atoms. The SMILES string of the molecule is O=C(c1cc(F)ccc1-n1cnnn1)N1CCN([C@@H]2CCS(=O)(=O)C2)CC1. The minimum absolute atomic E-state index is 0.0261. The van der Waals surface area contributed by atoms with Crippen LogP contribution in [0.25, 0.3) is 5.69 Å². The number of hydrogen-bond donors (Lipinski definition) is 0. The molecule has 3 heterocycles. The van der Waals surface area contributed by atoms with Crippen LogP contribution in [0.3, 0.4) is 0 Å². The number of amides is 1. The molecule has 27 heavy (non-hydrogen) atoms. The fourth-order valence-corrected chi connectivity index (χ4v) is 5.44. The van der Waals surface area contributed by atoms with Gasteiger partial charge in [0, 0.05) is 32.2 Å². The predicted octanol–water partition coefficient (Wildman–Crippen LogP) is -0.254. The molecule has 11 heteroatoms. The lowest BCUT2D eigenvalue weighted by molar-refractivity contribution is 0.0587. The van der Waals surface area contributed by atoms with Crippen LogP contribution in [0.2, 0.25) is 0 Å². The molecule has 2 aromatic rings. The van der Waals surface area contributed by atoms with Gasteiger partial charge in [-0.25, -0.2) is 12.8 Å². The van der Waals surface area contributed by atoms with E-state index in [4.69, 9.17) is 0 Å². The normalized spacial score (nSPS) is 22.9. The van der Waals surface area contributed by atoms with Gasteiger partial charge in [0.05, 0.1) is 22.8 Å². The maximum absolute atomic E-state index is 13.8. The van der Waals surface area contributed by atoms with Gasteiger partial charge >= 0.3 is 0 Å². The molecule has 9 nitrogen and oxygen atoms in total. The number of benzene rings is 1. The quantitative estimate of drug-likeness (QED) is 0.707. The highest BCUT2D eigenvalue weighted by Crippen LogP contribution is 2.22. The number of halogens is 1. The Morgan fingerprint density at radius 2 is 1.96 bits per heavy atom. The first-order chi connectivity index (χ1) is 12.9. The van der Waals surface area contributed by atoms with E-state index in [0.29, 0.717) is 38.3 Å². The summed E-state index contributed by atoms with van der Waals surface area (Å²) in [7, 11) is -2.94. The number of aromatic nitrogens is 4. The first-order valence-corrected chi connectivity index (χ1v) is 10.5. The fourth-order valence-electron chi connectivity index (χ4n) is 3.67. The number of sulfone groups is 1. The van der Waals surface area contributed by atoms with E-state index >= 15 is 0 Å². The van der Waals surface area contributed by atoms with Crippen molar-refractivity contribution in [2.45, 2.75) is 12.5 Å². The van der Waals surface area contributed by atoms with Crippen LogP contribution >= 0.6 is 0 Å². The molecule has 2 saturated heterocycles. The van der Waals surface area contributed by atoms with Gasteiger partial charge in [0.25, 0.3) is 5.91 Å². The summed E-state index contributed by atoms with van der Waals surface area (Å²) in [5, 5.41) is 10.9. The van der Waals surface area contributed by atoms with Crippen LogP contribution in [-0.4, -0.2) is 88.1 Å². The van der Waals surface area contributed by atoms with Crippen molar-refractivity contribution < 1.29 is 17.6 Å². The zero-order valence-electron chi connectivity index (χ0n) is 14.5. The largest absolute Gasteiger partial charge is 0.336 e. The molecule has 1 amide bonds. The smallest absolute Gasteiger partial charge is 0.256 e. The van der Waals surface area contributed by atoms with Gasteiger partial charge in [-0.1, -0.05) is 0 Å². The molecule has 2 fully saturated rings. The summed E-state index contributed by atoms with van der Waals surface area (Å²) in [6, 6.07) is 3.94. The molecular formula is C16H19FN6O3S. The van der Waals surface area contributed by atoms with E-state index < -0.39 is 15.7 Å². The Hall–Kier alpha value is -2.40. The zero-order valence-corrected chi connectivity index (χ0v) is 15.3. The van der Waals surface area contributed by atoms with Crippen LogP contribution in [0.1, 0.15) is 16.8 Å². The Balaban J connectivity index is 1.48. The van der Waals surface area contributed by atoms with Gasteiger partial charge < -0.3 is 4.90 Å². The Morgan fingerprint density at radius 1 is 1.19 bits per heavy atom. The summed E-state index contributed by atoms with van der Waals surface area (Å²) in [5.74, 6) is -0.382. The predicted molar refractivity (Wildman–Crippen MR) is 93.6 cm³/mol. The van der Waals surface area contributed by atoms with Crippen molar-refractivity contribution in [3.63, 3.8) is 0 Å². The van der Waals surface area contributed by atoms with Crippen molar-refractivity contribution in [1.82, 2.24) is 30.0 Å². The monoisotopic (exact) mass is 394 g/mol. The van der Waals surface area contributed by atoms with E-state index in [1.54, 1.807) is 4.90 Å². The maximum Gasteiger partial charge on any atom is 0.256 e. The number of carbonyl (C=O) groups is 1. The molecule has 144 valence electrons. The van der Waals surface area contributed by atoms with Gasteiger partial charge in [-0.05, 0) is 35.0 Å². The van der Waals surface area contributed by atoms with Crippen LogP contribution < -0.4 is 0 Å². The molecule has 2 aliphatic heterocycles. The highest BCUT2D eigenvalue weighted by Gasteiger charge is 2.34. The van der Waals surface area contributed by atoms with E-state index in [2.05, 4.69) is 20.4 Å². The topological polar surface area (TPSA) is 101 Å². The van der Waals surface area contributed by atoms with Crippen molar-refractivity contribution >= 4 is 15.7 Å². The second kappa shape index (κ2) is 6.97. The van der Waals surface area contributed by atoms with Crippen LogP contribution in [0.5, 0.6) is 0 Å². The third-order valence-corrected chi connectivity index (χ3v) is 6.86. The van der Waals surface area contributed by atoms with Crippen LogP contribution in [0.15, 0.2) is 24.5 Å². The summed E-state index contributed by atoms with van der Waals surface area (Å²) >= 11 is 0. The molecule has 4 rings (SSSR count). The maximum atomic E-state index is 13.8. The van der Waals surface area contributed by atoms with E-state index in [1.165, 1.54) is 29.2 Å². The van der Waals surface area contributed by atoms with Crippen molar-refractivity contribution in [1.29, 1.82) is 0 Å². The van der Waals surface area contributed by atoms with Gasteiger partial charge in [-0.2, -0.15) is 4.68 Å². The zero-order chi connectivity index (χ0) is 19.0.